The number of amides is 2. The molecule has 2 bridgehead atoms. The summed E-state index contributed by atoms with van der Waals surface area (Å²) in [6.07, 6.45) is 5.04. The molecule has 2 aromatic rings. The first kappa shape index (κ1) is 16.7. The second kappa shape index (κ2) is 6.86. The molecule has 0 aliphatic carbocycles. The van der Waals surface area contributed by atoms with Crippen LogP contribution in [0, 0.1) is 12.8 Å². The van der Waals surface area contributed by atoms with Crippen LogP contribution in [0.3, 0.4) is 0 Å². The van der Waals surface area contributed by atoms with Gasteiger partial charge in [0.1, 0.15) is 6.33 Å². The van der Waals surface area contributed by atoms with Crippen molar-refractivity contribution in [3.05, 3.63) is 59.7 Å². The van der Waals surface area contributed by atoms with E-state index in [0.29, 0.717) is 42.4 Å². The number of nitrogens with zero attached hydrogens (tertiary/aromatic N) is 4. The van der Waals surface area contributed by atoms with Crippen LogP contribution in [0.1, 0.15) is 39.3 Å². The number of carbonyl (C=O) groups is 2. The highest BCUT2D eigenvalue weighted by atomic mass is 16.2. The Kier molecular flexibility index (Phi) is 4.41. The Morgan fingerprint density at radius 3 is 2.62 bits per heavy atom. The predicted octanol–water partition coefficient (Wildman–Crippen LogP) is 2.16. The molecule has 134 valence electrons. The Labute approximate surface area is 152 Å². The summed E-state index contributed by atoms with van der Waals surface area (Å²) in [6.45, 7) is 3.81. The SMILES string of the molecule is Cc1ncncc1C(=O)N1CC2CCC1CN(C(=O)c1ccccc1)C2. The highest BCUT2D eigenvalue weighted by Gasteiger charge is 2.39. The molecule has 1 aromatic carbocycles. The first-order valence-electron chi connectivity index (χ1n) is 9.05. The van der Waals surface area contributed by atoms with Crippen LogP contribution in [-0.4, -0.2) is 57.3 Å². The zero-order chi connectivity index (χ0) is 18.1. The topological polar surface area (TPSA) is 66.4 Å². The zero-order valence-corrected chi connectivity index (χ0v) is 14.8. The number of hydrogen-bond acceptors (Lipinski definition) is 4. The minimum absolute atomic E-state index is 0.0215. The van der Waals surface area contributed by atoms with Gasteiger partial charge in [0.25, 0.3) is 11.8 Å². The van der Waals surface area contributed by atoms with E-state index >= 15 is 0 Å². The van der Waals surface area contributed by atoms with Gasteiger partial charge in [-0.05, 0) is 37.8 Å². The molecular weight excluding hydrogens is 328 g/mol. The van der Waals surface area contributed by atoms with Crippen molar-refractivity contribution in [2.45, 2.75) is 25.8 Å². The van der Waals surface area contributed by atoms with Crippen molar-refractivity contribution < 1.29 is 9.59 Å². The number of benzene rings is 1. The van der Waals surface area contributed by atoms with E-state index in [1.165, 1.54) is 6.33 Å². The molecule has 3 aliphatic heterocycles. The molecule has 6 nitrogen and oxygen atoms in total. The molecule has 5 rings (SSSR count). The monoisotopic (exact) mass is 350 g/mol. The van der Waals surface area contributed by atoms with Crippen LogP contribution in [0.4, 0.5) is 0 Å². The molecule has 0 saturated carbocycles. The second-order valence-electron chi connectivity index (χ2n) is 7.15. The number of rotatable bonds is 2. The van der Waals surface area contributed by atoms with Crippen LogP contribution < -0.4 is 0 Å². The van der Waals surface area contributed by atoms with Crippen molar-refractivity contribution in [1.82, 2.24) is 19.8 Å². The third kappa shape index (κ3) is 3.07. The van der Waals surface area contributed by atoms with E-state index in [4.69, 9.17) is 0 Å². The number of aromatic nitrogens is 2. The highest BCUT2D eigenvalue weighted by molar-refractivity contribution is 5.96. The quantitative estimate of drug-likeness (QED) is 0.832. The number of hydrogen-bond donors (Lipinski definition) is 0. The molecule has 26 heavy (non-hydrogen) atoms. The third-order valence-electron chi connectivity index (χ3n) is 5.42. The van der Waals surface area contributed by atoms with Gasteiger partial charge in [0, 0.05) is 37.4 Å². The molecule has 3 fully saturated rings. The fraction of sp³-hybridized carbons (Fsp3) is 0.400. The van der Waals surface area contributed by atoms with Gasteiger partial charge >= 0.3 is 0 Å². The fourth-order valence-electron chi connectivity index (χ4n) is 4.02. The normalized spacial score (nSPS) is 22.2. The standard InChI is InChI=1S/C20H22N4O2/c1-14-18(9-21-13-22-14)20(26)24-11-15-7-8-17(24)12-23(10-15)19(25)16-5-3-2-4-6-16/h2-6,9,13,15,17H,7-8,10-12H2,1H3. The number of piperidine rings is 1. The van der Waals surface area contributed by atoms with Crippen LogP contribution in [0.5, 0.6) is 0 Å². The van der Waals surface area contributed by atoms with Crippen molar-refractivity contribution in [2.24, 2.45) is 5.92 Å². The summed E-state index contributed by atoms with van der Waals surface area (Å²) in [7, 11) is 0. The largest absolute Gasteiger partial charge is 0.336 e. The first-order valence-corrected chi connectivity index (χ1v) is 9.05. The minimum atomic E-state index is -0.0215. The van der Waals surface area contributed by atoms with Crippen LogP contribution in [0.2, 0.25) is 0 Å². The van der Waals surface area contributed by atoms with Crippen molar-refractivity contribution in [1.29, 1.82) is 0 Å². The fourth-order valence-corrected chi connectivity index (χ4v) is 4.02. The lowest BCUT2D eigenvalue weighted by Crippen LogP contribution is -2.48. The second-order valence-corrected chi connectivity index (χ2v) is 7.15. The van der Waals surface area contributed by atoms with Crippen molar-refractivity contribution in [2.75, 3.05) is 19.6 Å². The smallest absolute Gasteiger partial charge is 0.257 e. The van der Waals surface area contributed by atoms with E-state index in [0.717, 1.165) is 12.8 Å². The van der Waals surface area contributed by atoms with Gasteiger partial charge in [0.15, 0.2) is 0 Å². The molecule has 2 amide bonds. The van der Waals surface area contributed by atoms with Crippen LogP contribution >= 0.6 is 0 Å². The Morgan fingerprint density at radius 2 is 1.85 bits per heavy atom. The highest BCUT2D eigenvalue weighted by Crippen LogP contribution is 2.30. The van der Waals surface area contributed by atoms with Crippen LogP contribution in [-0.2, 0) is 0 Å². The van der Waals surface area contributed by atoms with E-state index in [2.05, 4.69) is 9.97 Å². The molecule has 2 unspecified atom stereocenters. The lowest BCUT2D eigenvalue weighted by molar-refractivity contribution is 0.0572. The van der Waals surface area contributed by atoms with Gasteiger partial charge in [-0.3, -0.25) is 9.59 Å². The number of aryl methyl sites for hydroxylation is 1. The minimum Gasteiger partial charge on any atom is -0.336 e. The average Bonchev–Trinajstić information content (AvgIpc) is 3.00. The molecule has 0 N–H and O–H groups in total. The summed E-state index contributed by atoms with van der Waals surface area (Å²) in [5.74, 6) is 0.345. The Bertz CT molecular complexity index is 824. The Hall–Kier alpha value is -2.76. The van der Waals surface area contributed by atoms with E-state index in [9.17, 15) is 9.59 Å². The molecule has 6 heteroatoms. The average molecular weight is 350 g/mol. The molecule has 3 aliphatic rings. The van der Waals surface area contributed by atoms with E-state index in [-0.39, 0.29) is 17.9 Å². The lowest BCUT2D eigenvalue weighted by atomic mass is 9.94. The van der Waals surface area contributed by atoms with Gasteiger partial charge in [-0.2, -0.15) is 0 Å². The molecule has 4 heterocycles. The molecular formula is C20H22N4O2. The maximum absolute atomic E-state index is 13.1. The maximum Gasteiger partial charge on any atom is 0.257 e. The summed E-state index contributed by atoms with van der Waals surface area (Å²) >= 11 is 0. The van der Waals surface area contributed by atoms with Crippen LogP contribution in [0.25, 0.3) is 0 Å². The molecule has 2 atom stereocenters. The van der Waals surface area contributed by atoms with Gasteiger partial charge in [-0.25, -0.2) is 9.97 Å². The van der Waals surface area contributed by atoms with Crippen molar-refractivity contribution in [3.8, 4) is 0 Å². The third-order valence-corrected chi connectivity index (χ3v) is 5.42. The first-order chi connectivity index (χ1) is 12.6. The molecule has 1 aromatic heterocycles. The van der Waals surface area contributed by atoms with Gasteiger partial charge in [0.2, 0.25) is 0 Å². The summed E-state index contributed by atoms with van der Waals surface area (Å²) in [6, 6.07) is 9.42. The summed E-state index contributed by atoms with van der Waals surface area (Å²) in [5.41, 5.74) is 1.96. The zero-order valence-electron chi connectivity index (χ0n) is 14.8. The summed E-state index contributed by atoms with van der Waals surface area (Å²) in [5, 5.41) is 0. The Balaban J connectivity index is 1.56. The summed E-state index contributed by atoms with van der Waals surface area (Å²) < 4.78 is 0. The van der Waals surface area contributed by atoms with Gasteiger partial charge in [-0.1, -0.05) is 18.2 Å². The van der Waals surface area contributed by atoms with E-state index < -0.39 is 0 Å². The summed E-state index contributed by atoms with van der Waals surface area (Å²) in [4.78, 5) is 37.9. The molecule has 0 spiro atoms. The van der Waals surface area contributed by atoms with Crippen LogP contribution in [0.15, 0.2) is 42.9 Å². The number of fused-ring (bicyclic) bond motifs is 4. The molecule has 0 radical (unpaired) electrons. The predicted molar refractivity (Wildman–Crippen MR) is 96.7 cm³/mol. The lowest BCUT2D eigenvalue weighted by Gasteiger charge is -2.36. The Morgan fingerprint density at radius 1 is 1.04 bits per heavy atom. The van der Waals surface area contributed by atoms with Gasteiger partial charge < -0.3 is 9.80 Å². The van der Waals surface area contributed by atoms with E-state index in [1.54, 1.807) is 6.20 Å². The number of carbonyl (C=O) groups excluding carboxylic acids is 2. The molecule has 3 saturated heterocycles. The maximum atomic E-state index is 13.1. The van der Waals surface area contributed by atoms with Crippen molar-refractivity contribution in [3.63, 3.8) is 0 Å². The van der Waals surface area contributed by atoms with Crippen molar-refractivity contribution >= 4 is 11.8 Å². The van der Waals surface area contributed by atoms with Gasteiger partial charge in [-0.15, -0.1) is 0 Å². The van der Waals surface area contributed by atoms with Gasteiger partial charge in [0.05, 0.1) is 11.3 Å². The van der Waals surface area contributed by atoms with E-state index in [1.807, 2.05) is 47.1 Å².